The van der Waals surface area contributed by atoms with Crippen LogP contribution in [0, 0.1) is 10.1 Å². The lowest BCUT2D eigenvalue weighted by Crippen LogP contribution is -1.85. The third-order valence-electron chi connectivity index (χ3n) is 1.85. The van der Waals surface area contributed by atoms with Crippen molar-refractivity contribution < 1.29 is 9.72 Å². The molecule has 0 saturated heterocycles. The average Bonchev–Trinajstić information content (AvgIpc) is 2.58. The number of thiophene rings is 1. The number of fused-ring (bicyclic) bond motifs is 1. The van der Waals surface area contributed by atoms with Crippen LogP contribution in [0.25, 0.3) is 10.1 Å². The molecule has 2 aromatic rings. The molecule has 0 N–H and O–H groups in total. The maximum Gasteiger partial charge on any atom is 0.270 e. The molecular weight excluding hydrogens is 202 g/mol. The summed E-state index contributed by atoms with van der Waals surface area (Å²) in [5.41, 5.74) is 0.0488. The van der Waals surface area contributed by atoms with E-state index in [2.05, 4.69) is 0 Å². The molecule has 0 saturated carbocycles. The molecule has 0 bridgehead atoms. The number of carbonyl (C=O) groups is 1. The van der Waals surface area contributed by atoms with Gasteiger partial charge < -0.3 is 0 Å². The summed E-state index contributed by atoms with van der Waals surface area (Å²) in [6, 6.07) is 6.22. The van der Waals surface area contributed by atoms with Gasteiger partial charge in [0.2, 0.25) is 0 Å². The summed E-state index contributed by atoms with van der Waals surface area (Å²) in [4.78, 5) is 21.1. The molecule has 0 spiro atoms. The van der Waals surface area contributed by atoms with Gasteiger partial charge in [0.15, 0.2) is 6.29 Å². The quantitative estimate of drug-likeness (QED) is 0.432. The molecule has 5 heteroatoms. The normalized spacial score (nSPS) is 10.3. The summed E-state index contributed by atoms with van der Waals surface area (Å²) in [7, 11) is 0. The number of aldehydes is 1. The first-order chi connectivity index (χ1) is 6.70. The lowest BCUT2D eigenvalue weighted by molar-refractivity contribution is -0.384. The van der Waals surface area contributed by atoms with E-state index in [1.165, 1.54) is 23.5 Å². The van der Waals surface area contributed by atoms with Gasteiger partial charge in [0.05, 0.1) is 9.80 Å². The lowest BCUT2D eigenvalue weighted by Gasteiger charge is -1.89. The van der Waals surface area contributed by atoms with Gasteiger partial charge in [0.25, 0.3) is 5.69 Å². The molecular formula is C9H5NO3S. The number of hydrogen-bond acceptors (Lipinski definition) is 4. The van der Waals surface area contributed by atoms with E-state index in [0.717, 1.165) is 16.4 Å². The Balaban J connectivity index is 2.65. The number of non-ortho nitro benzene ring substituents is 1. The molecule has 2 rings (SSSR count). The van der Waals surface area contributed by atoms with Gasteiger partial charge in [-0.15, -0.1) is 11.3 Å². The Morgan fingerprint density at radius 1 is 1.36 bits per heavy atom. The van der Waals surface area contributed by atoms with Crippen LogP contribution in [0.1, 0.15) is 9.67 Å². The Morgan fingerprint density at radius 3 is 2.79 bits per heavy atom. The zero-order chi connectivity index (χ0) is 10.1. The molecule has 0 aliphatic heterocycles. The molecule has 1 heterocycles. The number of nitro groups is 1. The molecule has 0 aliphatic rings. The minimum absolute atomic E-state index is 0.0488. The summed E-state index contributed by atoms with van der Waals surface area (Å²) < 4.78 is 0.887. The van der Waals surface area contributed by atoms with Crippen molar-refractivity contribution in [1.82, 2.24) is 0 Å². The van der Waals surface area contributed by atoms with Crippen LogP contribution in [0.15, 0.2) is 24.3 Å². The van der Waals surface area contributed by atoms with Crippen molar-refractivity contribution in [2.24, 2.45) is 0 Å². The Morgan fingerprint density at radius 2 is 2.14 bits per heavy atom. The van der Waals surface area contributed by atoms with Crippen molar-refractivity contribution in [2.45, 2.75) is 0 Å². The number of benzene rings is 1. The molecule has 0 atom stereocenters. The van der Waals surface area contributed by atoms with Crippen LogP contribution in [-0.4, -0.2) is 11.2 Å². The van der Waals surface area contributed by atoms with E-state index in [-0.39, 0.29) is 5.69 Å². The second-order valence-corrected chi connectivity index (χ2v) is 3.86. The van der Waals surface area contributed by atoms with Crippen molar-refractivity contribution in [1.29, 1.82) is 0 Å². The first-order valence-electron chi connectivity index (χ1n) is 3.84. The van der Waals surface area contributed by atoms with Crippen LogP contribution in [0.2, 0.25) is 0 Å². The van der Waals surface area contributed by atoms with Crippen molar-refractivity contribution in [3.8, 4) is 0 Å². The third kappa shape index (κ3) is 1.38. The van der Waals surface area contributed by atoms with E-state index in [4.69, 9.17) is 0 Å². The van der Waals surface area contributed by atoms with Crippen LogP contribution in [0.4, 0.5) is 5.69 Å². The molecule has 0 unspecified atom stereocenters. The van der Waals surface area contributed by atoms with Crippen molar-refractivity contribution >= 4 is 33.4 Å². The minimum Gasteiger partial charge on any atom is -0.297 e. The van der Waals surface area contributed by atoms with Crippen molar-refractivity contribution in [2.75, 3.05) is 0 Å². The van der Waals surface area contributed by atoms with Gasteiger partial charge in [0.1, 0.15) is 0 Å². The second-order valence-electron chi connectivity index (χ2n) is 2.75. The fourth-order valence-electron chi connectivity index (χ4n) is 1.22. The van der Waals surface area contributed by atoms with Gasteiger partial charge in [-0.2, -0.15) is 0 Å². The fraction of sp³-hybridized carbons (Fsp3) is 0. The first kappa shape index (κ1) is 8.83. The van der Waals surface area contributed by atoms with E-state index in [1.54, 1.807) is 12.1 Å². The van der Waals surface area contributed by atoms with Gasteiger partial charge in [-0.05, 0) is 17.5 Å². The van der Waals surface area contributed by atoms with E-state index < -0.39 is 4.92 Å². The maximum absolute atomic E-state index is 10.5. The highest BCUT2D eigenvalue weighted by molar-refractivity contribution is 7.20. The lowest BCUT2D eigenvalue weighted by atomic mass is 10.2. The highest BCUT2D eigenvalue weighted by atomic mass is 32.1. The molecule has 70 valence electrons. The SMILES string of the molecule is O=Cc1cc2cc([N+](=O)[O-])ccc2s1. The Kier molecular flexibility index (Phi) is 2.01. The minimum atomic E-state index is -0.447. The first-order valence-corrected chi connectivity index (χ1v) is 4.65. The summed E-state index contributed by atoms with van der Waals surface area (Å²) in [5.74, 6) is 0. The molecule has 0 aliphatic carbocycles. The topological polar surface area (TPSA) is 60.2 Å². The van der Waals surface area contributed by atoms with E-state index in [1.807, 2.05) is 0 Å². The van der Waals surface area contributed by atoms with Crippen LogP contribution >= 0.6 is 11.3 Å². The molecule has 0 radical (unpaired) electrons. The highest BCUT2D eigenvalue weighted by Crippen LogP contribution is 2.27. The van der Waals surface area contributed by atoms with Crippen molar-refractivity contribution in [3.63, 3.8) is 0 Å². The van der Waals surface area contributed by atoms with E-state index in [9.17, 15) is 14.9 Å². The molecule has 0 fully saturated rings. The van der Waals surface area contributed by atoms with Crippen molar-refractivity contribution in [3.05, 3.63) is 39.3 Å². The van der Waals surface area contributed by atoms with Crippen LogP contribution < -0.4 is 0 Å². The molecule has 1 aromatic heterocycles. The Labute approximate surface area is 82.9 Å². The predicted octanol–water partition coefficient (Wildman–Crippen LogP) is 2.62. The van der Waals surface area contributed by atoms with Gasteiger partial charge in [-0.1, -0.05) is 0 Å². The fourth-order valence-corrected chi connectivity index (χ4v) is 2.08. The van der Waals surface area contributed by atoms with Crippen LogP contribution in [0.5, 0.6) is 0 Å². The summed E-state index contributed by atoms with van der Waals surface area (Å²) in [5, 5.41) is 11.2. The second kappa shape index (κ2) is 3.19. The standard InChI is InChI=1S/C9H5NO3S/c11-5-8-4-6-3-7(10(12)13)1-2-9(6)14-8/h1-5H. The van der Waals surface area contributed by atoms with Gasteiger partial charge in [-0.3, -0.25) is 14.9 Å². The third-order valence-corrected chi connectivity index (χ3v) is 2.89. The zero-order valence-electron chi connectivity index (χ0n) is 6.97. The molecule has 4 nitrogen and oxygen atoms in total. The smallest absolute Gasteiger partial charge is 0.270 e. The Hall–Kier alpha value is -1.75. The number of carbonyl (C=O) groups excluding carboxylic acids is 1. The van der Waals surface area contributed by atoms with Crippen LogP contribution in [-0.2, 0) is 0 Å². The molecule has 0 amide bonds. The van der Waals surface area contributed by atoms with Gasteiger partial charge >= 0.3 is 0 Å². The molecule has 1 aromatic carbocycles. The van der Waals surface area contributed by atoms with Gasteiger partial charge in [-0.25, -0.2) is 0 Å². The Bertz CT molecular complexity index is 518. The largest absolute Gasteiger partial charge is 0.297 e. The summed E-state index contributed by atoms with van der Waals surface area (Å²) in [6.07, 6.45) is 0.747. The summed E-state index contributed by atoms with van der Waals surface area (Å²) in [6.45, 7) is 0. The predicted molar refractivity (Wildman–Crippen MR) is 53.9 cm³/mol. The molecule has 14 heavy (non-hydrogen) atoms. The highest BCUT2D eigenvalue weighted by Gasteiger charge is 2.08. The average molecular weight is 207 g/mol. The van der Waals surface area contributed by atoms with Crippen LogP contribution in [0.3, 0.4) is 0 Å². The number of rotatable bonds is 2. The summed E-state index contributed by atoms with van der Waals surface area (Å²) >= 11 is 1.33. The maximum atomic E-state index is 10.5. The van der Waals surface area contributed by atoms with Gasteiger partial charge in [0, 0.05) is 16.8 Å². The number of nitro benzene ring substituents is 1. The zero-order valence-corrected chi connectivity index (χ0v) is 7.78. The van der Waals surface area contributed by atoms with E-state index >= 15 is 0 Å². The van der Waals surface area contributed by atoms with E-state index in [0.29, 0.717) is 4.88 Å². The monoisotopic (exact) mass is 207 g/mol. The number of nitrogens with zero attached hydrogens (tertiary/aromatic N) is 1. The number of hydrogen-bond donors (Lipinski definition) is 0.